The van der Waals surface area contributed by atoms with Crippen LogP contribution in [0.5, 0.6) is 0 Å². The molecule has 2 unspecified atom stereocenters. The Balaban J connectivity index is 2.00. The Morgan fingerprint density at radius 1 is 1.54 bits per heavy atom. The lowest BCUT2D eigenvalue weighted by atomic mass is 9.96. The van der Waals surface area contributed by atoms with E-state index in [-0.39, 0.29) is 24.1 Å². The monoisotopic (exact) mass is 413 g/mol. The van der Waals surface area contributed by atoms with Crippen LogP contribution in [0.25, 0.3) is 0 Å². The number of carbonyl (C=O) groups excluding carboxylic acids is 2. The first kappa shape index (κ1) is 19.9. The van der Waals surface area contributed by atoms with Crippen molar-refractivity contribution >= 4 is 35.3 Å². The van der Waals surface area contributed by atoms with Crippen molar-refractivity contribution < 1.29 is 28.2 Å². The van der Waals surface area contributed by atoms with E-state index in [1.807, 2.05) is 5.92 Å². The average Bonchev–Trinajstić information content (AvgIpc) is 3.13. The van der Waals surface area contributed by atoms with Crippen LogP contribution in [-0.2, 0) is 23.8 Å². The highest BCUT2D eigenvalue weighted by Gasteiger charge is 2.61. The number of nitrogens with two attached hydrogens (primary N) is 1. The molecule has 0 amide bonds. The van der Waals surface area contributed by atoms with E-state index < -0.39 is 41.5 Å². The molecule has 12 heteroatoms. The number of hydrogen-bond acceptors (Lipinski definition) is 9. The summed E-state index contributed by atoms with van der Waals surface area (Å²) in [5.41, 5.74) is 2.48. The molecule has 5 atom stereocenters. The molecule has 3 heterocycles. The van der Waals surface area contributed by atoms with Gasteiger partial charge in [0.25, 0.3) is 5.67 Å². The van der Waals surface area contributed by atoms with Crippen LogP contribution in [0, 0.1) is 12.3 Å². The SMILES string of the molecule is C#CC1(F)[C@@H](OC(C)=O)[C@@H](COC(C)=O)O[C@H]1n1cnc2c1NC(N)=NC2Cl. The first-order valence-corrected chi connectivity index (χ1v) is 8.54. The van der Waals surface area contributed by atoms with E-state index >= 15 is 4.39 Å². The van der Waals surface area contributed by atoms with E-state index in [0.29, 0.717) is 0 Å². The molecule has 0 bridgehead atoms. The number of imidazole rings is 1. The molecule has 0 aromatic carbocycles. The van der Waals surface area contributed by atoms with Gasteiger partial charge < -0.3 is 25.3 Å². The van der Waals surface area contributed by atoms with Crippen molar-refractivity contribution in [2.24, 2.45) is 10.7 Å². The van der Waals surface area contributed by atoms with E-state index in [0.717, 1.165) is 6.92 Å². The summed E-state index contributed by atoms with van der Waals surface area (Å²) in [7, 11) is 0. The number of aliphatic imine (C=N–C) groups is 1. The van der Waals surface area contributed by atoms with Crippen molar-refractivity contribution in [1.82, 2.24) is 9.55 Å². The van der Waals surface area contributed by atoms with Crippen LogP contribution in [0.15, 0.2) is 11.3 Å². The molecule has 3 N–H and O–H groups in total. The van der Waals surface area contributed by atoms with Crippen LogP contribution in [0.3, 0.4) is 0 Å². The summed E-state index contributed by atoms with van der Waals surface area (Å²) in [4.78, 5) is 30.7. The number of halogens is 2. The number of guanidine groups is 1. The second-order valence-electron chi connectivity index (χ2n) is 6.13. The number of rotatable bonds is 4. The number of hydrogen-bond donors (Lipinski definition) is 2. The number of anilines is 1. The molecule has 3 rings (SSSR count). The highest BCUT2D eigenvalue weighted by molar-refractivity contribution is 6.22. The minimum Gasteiger partial charge on any atom is -0.463 e. The summed E-state index contributed by atoms with van der Waals surface area (Å²) < 4.78 is 32.8. The van der Waals surface area contributed by atoms with Crippen LogP contribution in [0.4, 0.5) is 10.2 Å². The molecular weight excluding hydrogens is 397 g/mol. The zero-order valence-corrected chi connectivity index (χ0v) is 15.6. The van der Waals surface area contributed by atoms with Crippen LogP contribution >= 0.6 is 11.6 Å². The van der Waals surface area contributed by atoms with Gasteiger partial charge in [-0.3, -0.25) is 14.2 Å². The maximum absolute atomic E-state index is 15.9. The molecule has 0 saturated carbocycles. The zero-order valence-electron chi connectivity index (χ0n) is 14.9. The highest BCUT2D eigenvalue weighted by atomic mass is 35.5. The lowest BCUT2D eigenvalue weighted by molar-refractivity contribution is -0.157. The fraction of sp³-hybridized carbons (Fsp3) is 0.500. The van der Waals surface area contributed by atoms with Crippen LogP contribution in [0.1, 0.15) is 31.3 Å². The average molecular weight is 414 g/mol. The van der Waals surface area contributed by atoms with Gasteiger partial charge in [-0.2, -0.15) is 0 Å². The lowest BCUT2D eigenvalue weighted by Crippen LogP contribution is -2.45. The molecule has 1 aromatic heterocycles. The molecule has 10 nitrogen and oxygen atoms in total. The molecule has 1 aromatic rings. The summed E-state index contributed by atoms with van der Waals surface area (Å²) in [5, 5.41) is 2.73. The number of nitrogens with one attached hydrogen (secondary N) is 1. The Kier molecular flexibility index (Phi) is 5.18. The van der Waals surface area contributed by atoms with Gasteiger partial charge in [-0.15, -0.1) is 6.42 Å². The number of nitrogens with zero attached hydrogens (tertiary/aromatic N) is 3. The Bertz CT molecular complexity index is 883. The third-order valence-corrected chi connectivity index (χ3v) is 4.48. The maximum atomic E-state index is 15.9. The summed E-state index contributed by atoms with van der Waals surface area (Å²) >= 11 is 6.09. The Morgan fingerprint density at radius 2 is 2.25 bits per heavy atom. The van der Waals surface area contributed by atoms with Gasteiger partial charge in [-0.25, -0.2) is 14.4 Å². The summed E-state index contributed by atoms with van der Waals surface area (Å²) in [6.07, 6.45) is 2.54. The van der Waals surface area contributed by atoms with Crippen LogP contribution in [-0.4, -0.2) is 51.9 Å². The largest absolute Gasteiger partial charge is 0.463 e. The number of terminal acetylenes is 1. The number of alkyl halides is 2. The molecule has 0 aliphatic carbocycles. The van der Waals surface area contributed by atoms with Gasteiger partial charge in [0.2, 0.25) is 0 Å². The first-order valence-electron chi connectivity index (χ1n) is 8.11. The normalized spacial score (nSPS) is 31.2. The fourth-order valence-electron chi connectivity index (χ4n) is 3.03. The van der Waals surface area contributed by atoms with Crippen molar-refractivity contribution in [2.75, 3.05) is 11.9 Å². The third kappa shape index (κ3) is 3.36. The molecule has 28 heavy (non-hydrogen) atoms. The van der Waals surface area contributed by atoms with Crippen molar-refractivity contribution in [3.63, 3.8) is 0 Å². The second-order valence-corrected chi connectivity index (χ2v) is 6.55. The molecule has 0 radical (unpaired) electrons. The fourth-order valence-corrected chi connectivity index (χ4v) is 3.29. The quantitative estimate of drug-likeness (QED) is 0.317. The van der Waals surface area contributed by atoms with Crippen LogP contribution < -0.4 is 11.1 Å². The Labute approximate surface area is 164 Å². The van der Waals surface area contributed by atoms with Gasteiger partial charge in [0.1, 0.15) is 24.2 Å². The van der Waals surface area contributed by atoms with Gasteiger partial charge in [0.05, 0.1) is 6.33 Å². The smallest absolute Gasteiger partial charge is 0.303 e. The van der Waals surface area contributed by atoms with Crippen molar-refractivity contribution in [1.29, 1.82) is 0 Å². The Hall–Kier alpha value is -2.84. The van der Waals surface area contributed by atoms with E-state index in [1.54, 1.807) is 0 Å². The van der Waals surface area contributed by atoms with Crippen molar-refractivity contribution in [3.8, 4) is 12.3 Å². The van der Waals surface area contributed by atoms with Gasteiger partial charge >= 0.3 is 11.9 Å². The zero-order chi connectivity index (χ0) is 20.6. The topological polar surface area (TPSA) is 130 Å². The van der Waals surface area contributed by atoms with E-state index in [4.69, 9.17) is 38.0 Å². The van der Waals surface area contributed by atoms with E-state index in [1.165, 1.54) is 17.8 Å². The predicted molar refractivity (Wildman–Crippen MR) is 94.8 cm³/mol. The Morgan fingerprint density at radius 3 is 2.86 bits per heavy atom. The minimum atomic E-state index is -2.60. The number of aromatic nitrogens is 2. The van der Waals surface area contributed by atoms with Gasteiger partial charge in [-0.05, 0) is 0 Å². The molecule has 1 saturated heterocycles. The molecular formula is C16H17ClFN5O5. The standard InChI is InChI=1S/C16H17ClFN5O5/c1-4-16(18)11(27-8(3)25)9(5-26-7(2)24)28-14(16)23-6-20-10-12(17)21-15(19)22-13(10)23/h1,6,9,11-12,14H,5H2,2-3H3,(H3,19,21,22)/t9-,11+,12?,14-,16?/m1/s1. The van der Waals surface area contributed by atoms with E-state index in [2.05, 4.69) is 15.3 Å². The minimum absolute atomic E-state index is 0.00888. The molecule has 2 aliphatic heterocycles. The number of esters is 2. The van der Waals surface area contributed by atoms with Gasteiger partial charge in [0, 0.05) is 13.8 Å². The van der Waals surface area contributed by atoms with Crippen molar-refractivity contribution in [2.45, 2.75) is 43.5 Å². The third-order valence-electron chi connectivity index (χ3n) is 4.18. The summed E-state index contributed by atoms with van der Waals surface area (Å²) in [5.74, 6) is 0.826. The number of ether oxygens (including phenoxy) is 3. The summed E-state index contributed by atoms with van der Waals surface area (Å²) in [6.45, 7) is 1.91. The highest BCUT2D eigenvalue weighted by Crippen LogP contribution is 2.46. The van der Waals surface area contributed by atoms with Gasteiger partial charge in [-0.1, -0.05) is 17.5 Å². The van der Waals surface area contributed by atoms with Crippen molar-refractivity contribution in [3.05, 3.63) is 12.0 Å². The number of fused-ring (bicyclic) bond motifs is 1. The summed E-state index contributed by atoms with van der Waals surface area (Å²) in [6, 6.07) is 0. The molecule has 2 aliphatic rings. The predicted octanol–water partition coefficient (Wildman–Crippen LogP) is 0.594. The second kappa shape index (κ2) is 7.29. The molecule has 0 spiro atoms. The van der Waals surface area contributed by atoms with E-state index in [9.17, 15) is 9.59 Å². The molecule has 1 fully saturated rings. The lowest BCUT2D eigenvalue weighted by Gasteiger charge is -2.27. The van der Waals surface area contributed by atoms with Gasteiger partial charge in [0.15, 0.2) is 23.8 Å². The molecule has 150 valence electrons. The van der Waals surface area contributed by atoms with Crippen LogP contribution in [0.2, 0.25) is 0 Å². The number of carbonyl (C=O) groups is 2. The maximum Gasteiger partial charge on any atom is 0.303 e. The first-order chi connectivity index (χ1) is 13.2.